The summed E-state index contributed by atoms with van der Waals surface area (Å²) in [5.41, 5.74) is -0.538. The molecule has 0 saturated heterocycles. The molecule has 0 fully saturated rings. The van der Waals surface area contributed by atoms with Crippen molar-refractivity contribution in [2.45, 2.75) is 19.4 Å². The third-order valence-corrected chi connectivity index (χ3v) is 3.65. The van der Waals surface area contributed by atoms with Crippen LogP contribution in [0.3, 0.4) is 0 Å². The van der Waals surface area contributed by atoms with Gasteiger partial charge in [-0.25, -0.2) is 0 Å². The van der Waals surface area contributed by atoms with E-state index in [1.807, 2.05) is 0 Å². The van der Waals surface area contributed by atoms with E-state index in [-0.39, 0.29) is 12.3 Å². The van der Waals surface area contributed by atoms with Crippen molar-refractivity contribution < 1.29 is 14.4 Å². The molecule has 2 rings (SSSR count). The van der Waals surface area contributed by atoms with Crippen molar-refractivity contribution in [3.63, 3.8) is 0 Å². The molecule has 102 valence electrons. The number of hydrogen-bond donors (Lipinski definition) is 2. The Morgan fingerprint density at radius 1 is 1.58 bits per heavy atom. The molecule has 0 aliphatic rings. The van der Waals surface area contributed by atoms with Crippen molar-refractivity contribution in [3.05, 3.63) is 28.2 Å². The van der Waals surface area contributed by atoms with Crippen molar-refractivity contribution >= 4 is 28.8 Å². The minimum absolute atomic E-state index is 0.163. The predicted octanol–water partition coefficient (Wildman–Crippen LogP) is 2.56. The Hall–Kier alpha value is -1.37. The van der Waals surface area contributed by atoms with Gasteiger partial charge in [-0.2, -0.15) is 0 Å². The van der Waals surface area contributed by atoms with Crippen LogP contribution in [-0.4, -0.2) is 28.3 Å². The average Bonchev–Trinajstić information content (AvgIpc) is 2.96. The number of nitrogens with one attached hydrogen (secondary N) is 1. The topological polar surface area (TPSA) is 75.4 Å². The van der Waals surface area contributed by atoms with Gasteiger partial charge in [0.2, 0.25) is 0 Å². The largest absolute Gasteiger partial charge is 0.394 e. The lowest BCUT2D eigenvalue weighted by Crippen LogP contribution is -2.46. The second kappa shape index (κ2) is 5.32. The smallest absolute Gasteiger partial charge is 0.273 e. The molecule has 0 spiro atoms. The number of thiophene rings is 1. The van der Waals surface area contributed by atoms with Gasteiger partial charge in [0.1, 0.15) is 0 Å². The third-order valence-electron chi connectivity index (χ3n) is 2.41. The SMILES string of the molecule is CC(C)(CO)NC(=O)c1cc(-c2ccc(Cl)s2)on1. The fraction of sp³-hybridized carbons (Fsp3) is 0.333. The number of aromatic nitrogens is 1. The van der Waals surface area contributed by atoms with Gasteiger partial charge in [0, 0.05) is 6.07 Å². The van der Waals surface area contributed by atoms with Gasteiger partial charge in [-0.15, -0.1) is 11.3 Å². The summed E-state index contributed by atoms with van der Waals surface area (Å²) in [5, 5.41) is 15.5. The lowest BCUT2D eigenvalue weighted by atomic mass is 10.1. The van der Waals surface area contributed by atoms with Gasteiger partial charge in [0.05, 0.1) is 21.4 Å². The molecule has 0 radical (unpaired) electrons. The highest BCUT2D eigenvalue weighted by Gasteiger charge is 2.22. The predicted molar refractivity (Wildman–Crippen MR) is 73.5 cm³/mol. The number of halogens is 1. The maximum Gasteiger partial charge on any atom is 0.273 e. The van der Waals surface area contributed by atoms with Gasteiger partial charge in [0.15, 0.2) is 11.5 Å². The molecule has 2 heterocycles. The summed E-state index contributed by atoms with van der Waals surface area (Å²) >= 11 is 7.18. The van der Waals surface area contributed by atoms with E-state index in [1.165, 1.54) is 11.3 Å². The van der Waals surface area contributed by atoms with E-state index in [1.54, 1.807) is 32.0 Å². The quantitative estimate of drug-likeness (QED) is 0.910. The number of carbonyl (C=O) groups excluding carboxylic acids is 1. The molecule has 0 saturated carbocycles. The summed E-state index contributed by atoms with van der Waals surface area (Å²) in [4.78, 5) is 12.7. The van der Waals surface area contributed by atoms with Gasteiger partial charge >= 0.3 is 0 Å². The minimum Gasteiger partial charge on any atom is -0.394 e. The van der Waals surface area contributed by atoms with Crippen LogP contribution in [0, 0.1) is 0 Å². The standard InChI is InChI=1S/C12H13ClN2O3S/c1-12(2,6-16)14-11(17)7-5-8(18-15-7)9-3-4-10(13)19-9/h3-5,16H,6H2,1-2H3,(H,14,17). The molecule has 0 unspecified atom stereocenters. The van der Waals surface area contributed by atoms with Gasteiger partial charge in [-0.1, -0.05) is 16.8 Å². The van der Waals surface area contributed by atoms with Gasteiger partial charge in [-0.05, 0) is 26.0 Å². The molecule has 1 amide bonds. The van der Waals surface area contributed by atoms with Crippen LogP contribution in [0.2, 0.25) is 4.34 Å². The highest BCUT2D eigenvalue weighted by atomic mass is 35.5. The summed E-state index contributed by atoms with van der Waals surface area (Å²) in [7, 11) is 0. The van der Waals surface area contributed by atoms with E-state index in [9.17, 15) is 4.79 Å². The Labute approximate surface area is 119 Å². The van der Waals surface area contributed by atoms with E-state index < -0.39 is 11.4 Å². The van der Waals surface area contributed by atoms with Crippen LogP contribution < -0.4 is 5.32 Å². The van der Waals surface area contributed by atoms with Crippen molar-refractivity contribution in [2.75, 3.05) is 6.61 Å². The summed E-state index contributed by atoms with van der Waals surface area (Å²) < 4.78 is 5.75. The Bertz CT molecular complexity index is 591. The van der Waals surface area contributed by atoms with Crippen LogP contribution in [0.4, 0.5) is 0 Å². The molecule has 0 aliphatic heterocycles. The van der Waals surface area contributed by atoms with E-state index in [0.29, 0.717) is 10.1 Å². The molecule has 2 N–H and O–H groups in total. The third kappa shape index (κ3) is 3.34. The van der Waals surface area contributed by atoms with Crippen molar-refractivity contribution in [1.82, 2.24) is 10.5 Å². The van der Waals surface area contributed by atoms with Crippen LogP contribution in [-0.2, 0) is 0 Å². The van der Waals surface area contributed by atoms with Crippen LogP contribution in [0.15, 0.2) is 22.7 Å². The molecule has 0 aliphatic carbocycles. The number of nitrogens with zero attached hydrogens (tertiary/aromatic N) is 1. The number of amides is 1. The van der Waals surface area contributed by atoms with E-state index in [2.05, 4.69) is 10.5 Å². The maximum atomic E-state index is 11.9. The maximum absolute atomic E-state index is 11.9. The normalized spacial score (nSPS) is 11.6. The lowest BCUT2D eigenvalue weighted by molar-refractivity contribution is 0.0860. The molecule has 2 aromatic rings. The molecular formula is C12H13ClN2O3S. The Kier molecular flexibility index (Phi) is 3.93. The minimum atomic E-state index is -0.706. The van der Waals surface area contributed by atoms with E-state index >= 15 is 0 Å². The van der Waals surface area contributed by atoms with Gasteiger partial charge < -0.3 is 14.9 Å². The van der Waals surface area contributed by atoms with Crippen LogP contribution in [0.5, 0.6) is 0 Å². The van der Waals surface area contributed by atoms with Crippen LogP contribution >= 0.6 is 22.9 Å². The van der Waals surface area contributed by atoms with Crippen molar-refractivity contribution in [3.8, 4) is 10.6 Å². The van der Waals surface area contributed by atoms with Gasteiger partial charge in [-0.3, -0.25) is 4.79 Å². The fourth-order valence-corrected chi connectivity index (χ4v) is 2.35. The van der Waals surface area contributed by atoms with E-state index in [4.69, 9.17) is 21.2 Å². The first-order valence-corrected chi connectivity index (χ1v) is 6.76. The number of hydrogen-bond acceptors (Lipinski definition) is 5. The zero-order valence-electron chi connectivity index (χ0n) is 10.4. The molecule has 0 aromatic carbocycles. The Balaban J connectivity index is 2.15. The monoisotopic (exact) mass is 300 g/mol. The molecule has 2 aromatic heterocycles. The number of aliphatic hydroxyl groups excluding tert-OH is 1. The second-order valence-corrected chi connectivity index (χ2v) is 6.39. The first-order valence-electron chi connectivity index (χ1n) is 5.57. The number of carbonyl (C=O) groups is 1. The highest BCUT2D eigenvalue weighted by Crippen LogP contribution is 2.31. The lowest BCUT2D eigenvalue weighted by Gasteiger charge is -2.22. The average molecular weight is 301 g/mol. The summed E-state index contributed by atoms with van der Waals surface area (Å²) in [6.45, 7) is 3.26. The first kappa shape index (κ1) is 14.0. The molecule has 0 bridgehead atoms. The van der Waals surface area contributed by atoms with Crippen molar-refractivity contribution in [2.24, 2.45) is 0 Å². The number of aliphatic hydroxyl groups is 1. The van der Waals surface area contributed by atoms with Crippen LogP contribution in [0.25, 0.3) is 10.6 Å². The molecule has 19 heavy (non-hydrogen) atoms. The zero-order chi connectivity index (χ0) is 14.0. The molecular weight excluding hydrogens is 288 g/mol. The molecule has 0 atom stereocenters. The zero-order valence-corrected chi connectivity index (χ0v) is 12.0. The number of rotatable bonds is 4. The summed E-state index contributed by atoms with van der Waals surface area (Å²) in [6.07, 6.45) is 0. The molecule has 5 nitrogen and oxygen atoms in total. The fourth-order valence-electron chi connectivity index (χ4n) is 1.36. The molecule has 7 heteroatoms. The highest BCUT2D eigenvalue weighted by molar-refractivity contribution is 7.19. The van der Waals surface area contributed by atoms with Gasteiger partial charge in [0.25, 0.3) is 5.91 Å². The van der Waals surface area contributed by atoms with Crippen LogP contribution in [0.1, 0.15) is 24.3 Å². The summed E-state index contributed by atoms with van der Waals surface area (Å²) in [5.74, 6) is 0.0977. The Morgan fingerprint density at radius 2 is 2.32 bits per heavy atom. The second-order valence-electron chi connectivity index (χ2n) is 4.68. The first-order chi connectivity index (χ1) is 8.91. The summed E-state index contributed by atoms with van der Waals surface area (Å²) in [6, 6.07) is 5.09. The van der Waals surface area contributed by atoms with E-state index in [0.717, 1.165) is 4.88 Å². The van der Waals surface area contributed by atoms with Crippen molar-refractivity contribution in [1.29, 1.82) is 0 Å². The Morgan fingerprint density at radius 3 is 2.89 bits per heavy atom.